The largest absolute Gasteiger partial charge is 0.484 e. The third kappa shape index (κ3) is 4.57. The van der Waals surface area contributed by atoms with Crippen molar-refractivity contribution in [3.8, 4) is 5.75 Å². The first-order valence-electron chi connectivity index (χ1n) is 6.08. The first kappa shape index (κ1) is 16.5. The average Bonchev–Trinajstić information content (AvgIpc) is 2.48. The number of nitrogens with zero attached hydrogens (tertiary/aromatic N) is 1. The molecular formula is C14H10ClIN2O4. The summed E-state index contributed by atoms with van der Waals surface area (Å²) < 4.78 is 6.38. The van der Waals surface area contributed by atoms with E-state index in [0.29, 0.717) is 5.75 Å². The second-order valence-electron chi connectivity index (χ2n) is 4.21. The van der Waals surface area contributed by atoms with Crippen LogP contribution in [-0.4, -0.2) is 17.4 Å². The normalized spacial score (nSPS) is 10.1. The van der Waals surface area contributed by atoms with Crippen LogP contribution in [0.25, 0.3) is 0 Å². The number of nitrogens with one attached hydrogen (secondary N) is 1. The van der Waals surface area contributed by atoms with Crippen molar-refractivity contribution >= 4 is 51.5 Å². The number of halogens is 2. The fourth-order valence-electron chi connectivity index (χ4n) is 1.61. The standard InChI is InChI=1S/C14H10ClIN2O4/c15-12-6-3-10(7-13(12)18(20)21)17-14(19)8-22-11-4-1-9(16)2-5-11/h1-7H,8H2,(H,17,19). The van der Waals surface area contributed by atoms with Crippen molar-refractivity contribution in [1.82, 2.24) is 0 Å². The van der Waals surface area contributed by atoms with Gasteiger partial charge in [-0.3, -0.25) is 14.9 Å². The minimum atomic E-state index is -0.611. The van der Waals surface area contributed by atoms with Crippen molar-refractivity contribution in [3.05, 3.63) is 61.2 Å². The maximum Gasteiger partial charge on any atom is 0.289 e. The van der Waals surface area contributed by atoms with Crippen molar-refractivity contribution in [1.29, 1.82) is 0 Å². The molecule has 0 aliphatic rings. The SMILES string of the molecule is O=C(COc1ccc(I)cc1)Nc1ccc(Cl)c([N+](=O)[O-])c1. The number of carbonyl (C=O) groups excluding carboxylic acids is 1. The molecule has 2 aromatic rings. The zero-order chi connectivity index (χ0) is 16.1. The molecule has 0 aliphatic carbocycles. The van der Waals surface area contributed by atoms with Gasteiger partial charge in [-0.2, -0.15) is 0 Å². The van der Waals surface area contributed by atoms with Gasteiger partial charge in [0, 0.05) is 15.3 Å². The highest BCUT2D eigenvalue weighted by atomic mass is 127. The Morgan fingerprint density at radius 2 is 1.95 bits per heavy atom. The van der Waals surface area contributed by atoms with Crippen molar-refractivity contribution < 1.29 is 14.5 Å². The summed E-state index contributed by atoms with van der Waals surface area (Å²) in [5.74, 6) is 0.146. The van der Waals surface area contributed by atoms with Crippen LogP contribution in [-0.2, 0) is 4.79 Å². The molecule has 1 N–H and O–H groups in total. The van der Waals surface area contributed by atoms with Crippen LogP contribution in [0.2, 0.25) is 5.02 Å². The number of rotatable bonds is 5. The molecule has 0 atom stereocenters. The molecule has 0 heterocycles. The molecular weight excluding hydrogens is 423 g/mol. The summed E-state index contributed by atoms with van der Waals surface area (Å²) in [5, 5.41) is 13.3. The summed E-state index contributed by atoms with van der Waals surface area (Å²) in [4.78, 5) is 21.9. The van der Waals surface area contributed by atoms with Gasteiger partial charge in [0.25, 0.3) is 11.6 Å². The molecule has 0 aliphatic heterocycles. The zero-order valence-corrected chi connectivity index (χ0v) is 14.0. The van der Waals surface area contributed by atoms with Crippen LogP contribution in [0.3, 0.4) is 0 Å². The van der Waals surface area contributed by atoms with Gasteiger partial charge in [0.05, 0.1) is 4.92 Å². The van der Waals surface area contributed by atoms with Crippen LogP contribution < -0.4 is 10.1 Å². The fourth-order valence-corrected chi connectivity index (χ4v) is 2.15. The molecule has 114 valence electrons. The number of hydrogen-bond donors (Lipinski definition) is 1. The molecule has 8 heteroatoms. The quantitative estimate of drug-likeness (QED) is 0.442. The fraction of sp³-hybridized carbons (Fsp3) is 0.0714. The van der Waals surface area contributed by atoms with Crippen LogP contribution in [0, 0.1) is 13.7 Å². The maximum atomic E-state index is 11.8. The Balaban J connectivity index is 1.96. The van der Waals surface area contributed by atoms with Crippen LogP contribution in [0.5, 0.6) is 5.75 Å². The summed E-state index contributed by atoms with van der Waals surface area (Å²) in [5.41, 5.74) is 0.0188. The summed E-state index contributed by atoms with van der Waals surface area (Å²) in [6, 6.07) is 11.3. The van der Waals surface area contributed by atoms with Gasteiger partial charge >= 0.3 is 0 Å². The lowest BCUT2D eigenvalue weighted by Crippen LogP contribution is -2.20. The van der Waals surface area contributed by atoms with E-state index >= 15 is 0 Å². The van der Waals surface area contributed by atoms with Crippen LogP contribution in [0.15, 0.2) is 42.5 Å². The lowest BCUT2D eigenvalue weighted by Gasteiger charge is -2.08. The Hall–Kier alpha value is -1.87. The monoisotopic (exact) mass is 432 g/mol. The second kappa shape index (κ2) is 7.41. The number of benzene rings is 2. The van der Waals surface area contributed by atoms with Gasteiger partial charge in [0.2, 0.25) is 0 Å². The molecule has 2 rings (SSSR count). The Bertz CT molecular complexity index is 706. The van der Waals surface area contributed by atoms with Crippen LogP contribution >= 0.6 is 34.2 Å². The highest BCUT2D eigenvalue weighted by Crippen LogP contribution is 2.27. The van der Waals surface area contributed by atoms with Crippen molar-refractivity contribution in [3.63, 3.8) is 0 Å². The zero-order valence-electron chi connectivity index (χ0n) is 11.1. The van der Waals surface area contributed by atoms with Gasteiger partial charge < -0.3 is 10.1 Å². The number of hydrogen-bond acceptors (Lipinski definition) is 4. The molecule has 0 radical (unpaired) electrons. The first-order chi connectivity index (χ1) is 10.5. The predicted octanol–water partition coefficient (Wildman–Crippen LogP) is 3.87. The molecule has 0 unspecified atom stereocenters. The van der Waals surface area contributed by atoms with Crippen molar-refractivity contribution in [2.45, 2.75) is 0 Å². The number of ether oxygens (including phenoxy) is 1. The Morgan fingerprint density at radius 3 is 2.59 bits per heavy atom. The number of nitro groups is 1. The third-order valence-corrected chi connectivity index (χ3v) is 3.65. The molecule has 0 spiro atoms. The third-order valence-electron chi connectivity index (χ3n) is 2.61. The summed E-state index contributed by atoms with van der Waals surface area (Å²) in [6.07, 6.45) is 0. The minimum Gasteiger partial charge on any atom is -0.484 e. The molecule has 0 saturated carbocycles. The van der Waals surface area contributed by atoms with Gasteiger partial charge in [0.15, 0.2) is 6.61 Å². The lowest BCUT2D eigenvalue weighted by molar-refractivity contribution is -0.384. The number of nitro benzene ring substituents is 1. The van der Waals surface area contributed by atoms with E-state index in [1.54, 1.807) is 12.1 Å². The van der Waals surface area contributed by atoms with Crippen molar-refractivity contribution in [2.75, 3.05) is 11.9 Å². The summed E-state index contributed by atoms with van der Waals surface area (Å²) in [7, 11) is 0. The molecule has 0 saturated heterocycles. The average molecular weight is 433 g/mol. The van der Waals surface area contributed by atoms with Gasteiger partial charge in [-0.1, -0.05) is 11.6 Å². The summed E-state index contributed by atoms with van der Waals surface area (Å²) >= 11 is 7.87. The molecule has 6 nitrogen and oxygen atoms in total. The first-order valence-corrected chi connectivity index (χ1v) is 7.53. The number of carbonyl (C=O) groups is 1. The highest BCUT2D eigenvalue weighted by Gasteiger charge is 2.14. The maximum absolute atomic E-state index is 11.8. The molecule has 22 heavy (non-hydrogen) atoms. The van der Waals surface area contributed by atoms with Gasteiger partial charge in [0.1, 0.15) is 10.8 Å². The Labute approximate surface area is 144 Å². The molecule has 0 fully saturated rings. The van der Waals surface area contributed by atoms with E-state index in [1.807, 2.05) is 12.1 Å². The van der Waals surface area contributed by atoms with Gasteiger partial charge in [-0.25, -0.2) is 0 Å². The lowest BCUT2D eigenvalue weighted by atomic mass is 10.3. The highest BCUT2D eigenvalue weighted by molar-refractivity contribution is 14.1. The van der Waals surface area contributed by atoms with Gasteiger partial charge in [-0.15, -0.1) is 0 Å². The Morgan fingerprint density at radius 1 is 1.27 bits per heavy atom. The van der Waals surface area contributed by atoms with Gasteiger partial charge in [-0.05, 0) is 59.0 Å². The second-order valence-corrected chi connectivity index (χ2v) is 5.87. The molecule has 2 aromatic carbocycles. The molecule has 0 bridgehead atoms. The predicted molar refractivity (Wildman–Crippen MR) is 91.4 cm³/mol. The van der Waals surface area contributed by atoms with Crippen LogP contribution in [0.1, 0.15) is 0 Å². The van der Waals surface area contributed by atoms with Crippen LogP contribution in [0.4, 0.5) is 11.4 Å². The van der Waals surface area contributed by atoms with E-state index in [9.17, 15) is 14.9 Å². The van der Waals surface area contributed by atoms with E-state index in [-0.39, 0.29) is 23.0 Å². The van der Waals surface area contributed by atoms with E-state index in [2.05, 4.69) is 27.9 Å². The van der Waals surface area contributed by atoms with E-state index in [1.165, 1.54) is 18.2 Å². The minimum absolute atomic E-state index is 0.0122. The number of amides is 1. The van der Waals surface area contributed by atoms with E-state index < -0.39 is 10.8 Å². The summed E-state index contributed by atoms with van der Waals surface area (Å²) in [6.45, 7) is -0.197. The van der Waals surface area contributed by atoms with Crippen molar-refractivity contribution in [2.24, 2.45) is 0 Å². The van der Waals surface area contributed by atoms with E-state index in [0.717, 1.165) is 3.57 Å². The smallest absolute Gasteiger partial charge is 0.289 e. The number of anilines is 1. The molecule has 1 amide bonds. The van der Waals surface area contributed by atoms with E-state index in [4.69, 9.17) is 16.3 Å². The topological polar surface area (TPSA) is 81.5 Å². The Kier molecular flexibility index (Phi) is 5.56. The molecule has 0 aromatic heterocycles.